The highest BCUT2D eigenvalue weighted by Crippen LogP contribution is 2.48. The molecule has 2 bridgehead atoms. The minimum absolute atomic E-state index is 0.180. The van der Waals surface area contributed by atoms with E-state index >= 15 is 0 Å². The third kappa shape index (κ3) is 2.21. The van der Waals surface area contributed by atoms with E-state index in [1.807, 2.05) is 18.2 Å². The summed E-state index contributed by atoms with van der Waals surface area (Å²) in [6.07, 6.45) is 5.91. The van der Waals surface area contributed by atoms with Gasteiger partial charge < -0.3 is 4.57 Å². The molecule has 4 nitrogen and oxygen atoms in total. The molecule has 2 aliphatic rings. The third-order valence-corrected chi connectivity index (χ3v) is 5.41. The number of hydrogen-bond acceptors (Lipinski definition) is 2. The van der Waals surface area contributed by atoms with Crippen LogP contribution in [-0.4, -0.2) is 15.5 Å². The van der Waals surface area contributed by atoms with Crippen LogP contribution in [-0.2, 0) is 11.3 Å². The molecule has 22 heavy (non-hydrogen) atoms. The first kappa shape index (κ1) is 13.8. The molecular weight excluding hydrogens is 274 g/mol. The molecule has 116 valence electrons. The molecule has 1 aromatic heterocycles. The number of aromatic nitrogens is 2. The van der Waals surface area contributed by atoms with Crippen molar-refractivity contribution in [1.29, 1.82) is 0 Å². The van der Waals surface area contributed by atoms with Gasteiger partial charge in [0.05, 0.1) is 11.0 Å². The van der Waals surface area contributed by atoms with Crippen LogP contribution in [0.5, 0.6) is 0 Å². The highest BCUT2D eigenvalue weighted by Gasteiger charge is 2.43. The van der Waals surface area contributed by atoms with Crippen LogP contribution in [0.2, 0.25) is 0 Å². The van der Waals surface area contributed by atoms with Crippen molar-refractivity contribution < 1.29 is 4.79 Å². The molecule has 2 aliphatic carbocycles. The maximum absolute atomic E-state index is 12.7. The number of para-hydroxylation sites is 2. The minimum Gasteiger partial charge on any atom is -0.310 e. The standard InChI is InChI=1S/C18H23N3O/c1-2-9-21-16-6-4-3-5-15(16)19-18(21)20-17(22)14-11-12-7-8-13(14)10-12/h3-6,12-14H,2,7-11H2,1H3,(H,19,20,22)/t12-,13+,14-/m0/s1. The molecule has 1 aromatic carbocycles. The maximum atomic E-state index is 12.7. The van der Waals surface area contributed by atoms with Gasteiger partial charge in [0.15, 0.2) is 0 Å². The quantitative estimate of drug-likeness (QED) is 0.932. The second kappa shape index (κ2) is 5.41. The van der Waals surface area contributed by atoms with Crippen molar-refractivity contribution in [2.75, 3.05) is 5.32 Å². The molecule has 2 aromatic rings. The lowest BCUT2D eigenvalue weighted by molar-refractivity contribution is -0.121. The Morgan fingerprint density at radius 1 is 1.32 bits per heavy atom. The van der Waals surface area contributed by atoms with E-state index in [9.17, 15) is 4.79 Å². The summed E-state index contributed by atoms with van der Waals surface area (Å²) in [6, 6.07) is 8.10. The van der Waals surface area contributed by atoms with Crippen LogP contribution in [0.1, 0.15) is 39.0 Å². The van der Waals surface area contributed by atoms with E-state index in [0.717, 1.165) is 42.3 Å². The minimum atomic E-state index is 0.180. The summed E-state index contributed by atoms with van der Waals surface area (Å²) >= 11 is 0. The maximum Gasteiger partial charge on any atom is 0.230 e. The number of carbonyl (C=O) groups is 1. The number of hydrogen-bond donors (Lipinski definition) is 1. The second-order valence-corrected chi connectivity index (χ2v) is 6.85. The molecule has 2 fully saturated rings. The SMILES string of the molecule is CCCn1c(NC(=O)[C@H]2C[C@H]3CC[C@@H]2C3)nc2ccccc21. The summed E-state index contributed by atoms with van der Waals surface area (Å²) in [5, 5.41) is 3.12. The molecule has 1 amide bonds. The zero-order valence-corrected chi connectivity index (χ0v) is 13.1. The smallest absolute Gasteiger partial charge is 0.230 e. The summed E-state index contributed by atoms with van der Waals surface area (Å²) in [5.74, 6) is 2.49. The van der Waals surface area contributed by atoms with Gasteiger partial charge in [-0.05, 0) is 49.7 Å². The van der Waals surface area contributed by atoms with Crippen molar-refractivity contribution in [3.05, 3.63) is 24.3 Å². The van der Waals surface area contributed by atoms with Crippen molar-refractivity contribution in [3.63, 3.8) is 0 Å². The summed E-state index contributed by atoms with van der Waals surface area (Å²) in [7, 11) is 0. The summed E-state index contributed by atoms with van der Waals surface area (Å²) in [6.45, 7) is 3.03. The summed E-state index contributed by atoms with van der Waals surface area (Å²) in [5.41, 5.74) is 2.06. The third-order valence-electron chi connectivity index (χ3n) is 5.41. The fraction of sp³-hybridized carbons (Fsp3) is 0.556. The topological polar surface area (TPSA) is 46.9 Å². The molecule has 0 unspecified atom stereocenters. The van der Waals surface area contributed by atoms with Crippen LogP contribution >= 0.6 is 0 Å². The first-order valence-electron chi connectivity index (χ1n) is 8.52. The van der Waals surface area contributed by atoms with Gasteiger partial charge >= 0.3 is 0 Å². The van der Waals surface area contributed by atoms with Crippen molar-refractivity contribution in [2.45, 2.75) is 45.6 Å². The van der Waals surface area contributed by atoms with E-state index < -0.39 is 0 Å². The molecule has 4 heteroatoms. The number of rotatable bonds is 4. The fourth-order valence-electron chi connectivity index (χ4n) is 4.39. The van der Waals surface area contributed by atoms with Crippen molar-refractivity contribution >= 4 is 22.9 Å². The number of carbonyl (C=O) groups excluding carboxylic acids is 1. The molecular formula is C18H23N3O. The molecule has 0 radical (unpaired) electrons. The predicted molar refractivity (Wildman–Crippen MR) is 87.6 cm³/mol. The lowest BCUT2D eigenvalue weighted by Crippen LogP contribution is -2.28. The highest BCUT2D eigenvalue weighted by atomic mass is 16.2. The van der Waals surface area contributed by atoms with Gasteiger partial charge in [-0.3, -0.25) is 10.1 Å². The number of fused-ring (bicyclic) bond motifs is 3. The molecule has 0 saturated heterocycles. The fourth-order valence-corrected chi connectivity index (χ4v) is 4.39. The normalized spacial score (nSPS) is 26.7. The van der Waals surface area contributed by atoms with Crippen LogP contribution in [0, 0.1) is 17.8 Å². The van der Waals surface area contributed by atoms with Crippen LogP contribution in [0.3, 0.4) is 0 Å². The van der Waals surface area contributed by atoms with Gasteiger partial charge in [-0.25, -0.2) is 4.98 Å². The average molecular weight is 297 g/mol. The number of aryl methyl sites for hydroxylation is 1. The van der Waals surface area contributed by atoms with Gasteiger partial charge in [0.1, 0.15) is 0 Å². The Labute approximate surface area is 130 Å². The number of benzene rings is 1. The summed E-state index contributed by atoms with van der Waals surface area (Å²) < 4.78 is 2.14. The molecule has 0 spiro atoms. The van der Waals surface area contributed by atoms with Gasteiger partial charge in [0.2, 0.25) is 11.9 Å². The van der Waals surface area contributed by atoms with Gasteiger partial charge in [-0.15, -0.1) is 0 Å². The molecule has 0 aliphatic heterocycles. The van der Waals surface area contributed by atoms with Gasteiger partial charge in [-0.2, -0.15) is 0 Å². The first-order valence-corrected chi connectivity index (χ1v) is 8.52. The number of nitrogens with zero attached hydrogens (tertiary/aromatic N) is 2. The van der Waals surface area contributed by atoms with E-state index in [4.69, 9.17) is 0 Å². The predicted octanol–water partition coefficient (Wildman–Crippen LogP) is 3.82. The van der Waals surface area contributed by atoms with Crippen LogP contribution in [0.25, 0.3) is 11.0 Å². The zero-order chi connectivity index (χ0) is 15.1. The Morgan fingerprint density at radius 2 is 2.18 bits per heavy atom. The van der Waals surface area contributed by atoms with E-state index in [1.54, 1.807) is 0 Å². The Hall–Kier alpha value is -1.84. The monoisotopic (exact) mass is 297 g/mol. The molecule has 1 heterocycles. The molecule has 3 atom stereocenters. The number of imidazole rings is 1. The lowest BCUT2D eigenvalue weighted by atomic mass is 9.88. The van der Waals surface area contributed by atoms with Crippen molar-refractivity contribution in [3.8, 4) is 0 Å². The van der Waals surface area contributed by atoms with E-state index in [0.29, 0.717) is 5.92 Å². The van der Waals surface area contributed by atoms with E-state index in [1.165, 1.54) is 19.3 Å². The number of anilines is 1. The molecule has 2 saturated carbocycles. The zero-order valence-electron chi connectivity index (χ0n) is 13.1. The van der Waals surface area contributed by atoms with Crippen LogP contribution < -0.4 is 5.32 Å². The van der Waals surface area contributed by atoms with Crippen LogP contribution in [0.15, 0.2) is 24.3 Å². The highest BCUT2D eigenvalue weighted by molar-refractivity contribution is 5.93. The second-order valence-electron chi connectivity index (χ2n) is 6.85. The number of amides is 1. The lowest BCUT2D eigenvalue weighted by Gasteiger charge is -2.20. The largest absolute Gasteiger partial charge is 0.310 e. The van der Waals surface area contributed by atoms with E-state index in [-0.39, 0.29) is 11.8 Å². The van der Waals surface area contributed by atoms with Gasteiger partial charge in [0, 0.05) is 12.5 Å². The van der Waals surface area contributed by atoms with Crippen molar-refractivity contribution in [1.82, 2.24) is 9.55 Å². The molecule has 4 rings (SSSR count). The van der Waals surface area contributed by atoms with Crippen LogP contribution in [0.4, 0.5) is 5.95 Å². The Balaban J connectivity index is 1.60. The Morgan fingerprint density at radius 3 is 2.91 bits per heavy atom. The summed E-state index contributed by atoms with van der Waals surface area (Å²) in [4.78, 5) is 17.3. The molecule has 1 N–H and O–H groups in total. The first-order chi connectivity index (χ1) is 10.8. The Bertz CT molecular complexity index is 705. The van der Waals surface area contributed by atoms with E-state index in [2.05, 4.69) is 27.9 Å². The van der Waals surface area contributed by atoms with Gasteiger partial charge in [0.25, 0.3) is 0 Å². The number of nitrogens with one attached hydrogen (secondary N) is 1. The Kier molecular flexibility index (Phi) is 3.40. The average Bonchev–Trinajstić information content (AvgIpc) is 3.22. The van der Waals surface area contributed by atoms with Crippen molar-refractivity contribution in [2.24, 2.45) is 17.8 Å². The van der Waals surface area contributed by atoms with Gasteiger partial charge in [-0.1, -0.05) is 25.5 Å².